The van der Waals surface area contributed by atoms with Crippen LogP contribution in [0.25, 0.3) is 0 Å². The lowest BCUT2D eigenvalue weighted by Crippen LogP contribution is -2.48. The monoisotopic (exact) mass is 787 g/mol. The molecule has 4 aromatic carbocycles. The van der Waals surface area contributed by atoms with Gasteiger partial charge in [0.25, 0.3) is 5.91 Å². The van der Waals surface area contributed by atoms with Crippen molar-refractivity contribution < 1.29 is 28.7 Å². The van der Waals surface area contributed by atoms with Crippen LogP contribution in [0.4, 0.5) is 4.79 Å². The lowest BCUT2D eigenvalue weighted by atomic mass is 9.80. The molecule has 1 spiro atoms. The summed E-state index contributed by atoms with van der Waals surface area (Å²) in [5.41, 5.74) is 6.16. The van der Waals surface area contributed by atoms with E-state index in [2.05, 4.69) is 48.2 Å². The molecule has 3 aliphatic heterocycles. The summed E-state index contributed by atoms with van der Waals surface area (Å²) in [6, 6.07) is 25.1. The van der Waals surface area contributed by atoms with Crippen LogP contribution in [0.3, 0.4) is 0 Å². The number of hydrogen-bond acceptors (Lipinski definition) is 6. The number of ketones is 1. The first-order valence-corrected chi connectivity index (χ1v) is 16.1. The van der Waals surface area contributed by atoms with Crippen molar-refractivity contribution in [2.45, 2.75) is 30.6 Å². The number of nitrogens with two attached hydrogens (primary N) is 1. The van der Waals surface area contributed by atoms with Crippen LogP contribution in [0, 0.1) is 0 Å². The van der Waals surface area contributed by atoms with Crippen LogP contribution in [-0.2, 0) is 15.1 Å². The molecule has 236 valence electrons. The fourth-order valence-electron chi connectivity index (χ4n) is 5.37. The topological polar surface area (TPSA) is 137 Å². The number of hydrogen-bond donors (Lipinski definition) is 3. The number of carbonyl (C=O) groups is 4. The number of rotatable bonds is 2. The van der Waals surface area contributed by atoms with Gasteiger partial charge in [0.1, 0.15) is 23.7 Å². The number of ether oxygens (including phenoxy) is 2. The van der Waals surface area contributed by atoms with Gasteiger partial charge in [0.05, 0.1) is 12.0 Å². The number of benzene rings is 4. The predicted molar refractivity (Wildman–Crippen MR) is 180 cm³/mol. The van der Waals surface area contributed by atoms with E-state index in [0.29, 0.717) is 45.5 Å². The van der Waals surface area contributed by atoms with Crippen LogP contribution in [-0.4, -0.2) is 24.1 Å². The van der Waals surface area contributed by atoms with Crippen molar-refractivity contribution in [2.75, 3.05) is 0 Å². The second-order valence-corrected chi connectivity index (χ2v) is 13.1. The fourth-order valence-corrected chi connectivity index (χ4v) is 6.34. The normalized spacial score (nSPS) is 20.7. The molecule has 0 saturated carbocycles. The minimum absolute atomic E-state index is 0.0995. The second kappa shape index (κ2) is 14.3. The summed E-state index contributed by atoms with van der Waals surface area (Å²) in [7, 11) is 0. The van der Waals surface area contributed by atoms with Gasteiger partial charge in [0, 0.05) is 31.0 Å². The molecule has 0 radical (unpaired) electrons. The van der Waals surface area contributed by atoms with Crippen molar-refractivity contribution in [3.05, 3.63) is 126 Å². The van der Waals surface area contributed by atoms with Gasteiger partial charge in [-0.25, -0.2) is 4.79 Å². The molecule has 0 aromatic heterocycles. The molecular weight excluding hydrogens is 765 g/mol. The lowest BCUT2D eigenvalue weighted by Gasteiger charge is -2.38. The number of halogens is 4. The average Bonchev–Trinajstić information content (AvgIpc) is 3.31. The molecule has 3 heterocycles. The molecule has 3 unspecified atom stereocenters. The van der Waals surface area contributed by atoms with Crippen molar-refractivity contribution in [2.24, 2.45) is 5.73 Å². The van der Waals surface area contributed by atoms with Crippen LogP contribution >= 0.6 is 55.1 Å². The van der Waals surface area contributed by atoms with Gasteiger partial charge in [-0.2, -0.15) is 0 Å². The highest BCUT2D eigenvalue weighted by molar-refractivity contribution is 9.10. The van der Waals surface area contributed by atoms with E-state index < -0.39 is 11.6 Å². The smallest absolute Gasteiger partial charge is 0.322 e. The minimum atomic E-state index is -1.14. The first kappa shape index (κ1) is 33.5. The third kappa shape index (κ3) is 7.23. The average molecular weight is 790 g/mol. The first-order chi connectivity index (χ1) is 22.0. The van der Waals surface area contributed by atoms with E-state index in [4.69, 9.17) is 37.5 Å². The predicted octanol–water partition coefficient (Wildman–Crippen LogP) is 7.57. The molecule has 4 aromatic rings. The second-order valence-electron chi connectivity index (χ2n) is 10.4. The number of urea groups is 1. The first-order valence-electron chi connectivity index (χ1n) is 13.8. The van der Waals surface area contributed by atoms with Gasteiger partial charge < -0.3 is 20.5 Å². The zero-order chi connectivity index (χ0) is 33.0. The molecule has 0 aliphatic carbocycles. The van der Waals surface area contributed by atoms with Gasteiger partial charge in [-0.1, -0.05) is 79.3 Å². The van der Waals surface area contributed by atoms with Crippen LogP contribution in [0.1, 0.15) is 52.1 Å². The van der Waals surface area contributed by atoms with E-state index in [1.165, 1.54) is 0 Å². The van der Waals surface area contributed by atoms with Gasteiger partial charge in [-0.15, -0.1) is 0 Å². The number of imide groups is 1. The van der Waals surface area contributed by atoms with E-state index in [-0.39, 0.29) is 30.3 Å². The van der Waals surface area contributed by atoms with Crippen LogP contribution in [0.15, 0.2) is 93.9 Å². The van der Waals surface area contributed by atoms with Crippen LogP contribution < -0.4 is 25.8 Å². The molecule has 4 N–H and O–H groups in total. The van der Waals surface area contributed by atoms with Crippen molar-refractivity contribution in [3.63, 3.8) is 0 Å². The van der Waals surface area contributed by atoms with Gasteiger partial charge >= 0.3 is 6.03 Å². The molecule has 46 heavy (non-hydrogen) atoms. The summed E-state index contributed by atoms with van der Waals surface area (Å²) in [4.78, 5) is 45.1. The fraction of sp³-hybridized carbons (Fsp3) is 0.152. The molecule has 9 nitrogen and oxygen atoms in total. The number of amides is 4. The van der Waals surface area contributed by atoms with E-state index in [0.717, 1.165) is 20.1 Å². The summed E-state index contributed by atoms with van der Waals surface area (Å²) in [6.45, 7) is 0. The van der Waals surface area contributed by atoms with Gasteiger partial charge in [0.15, 0.2) is 11.3 Å². The molecule has 13 heteroatoms. The van der Waals surface area contributed by atoms with Crippen LogP contribution in [0.5, 0.6) is 11.5 Å². The Morgan fingerprint density at radius 2 is 1.30 bits per heavy atom. The summed E-state index contributed by atoms with van der Waals surface area (Å²) < 4.78 is 13.7. The third-order valence-corrected chi connectivity index (χ3v) is 8.96. The quantitative estimate of drug-likeness (QED) is 0.142. The van der Waals surface area contributed by atoms with Crippen molar-refractivity contribution in [3.8, 4) is 11.5 Å². The van der Waals surface area contributed by atoms with E-state index >= 15 is 0 Å². The zero-order valence-electron chi connectivity index (χ0n) is 23.8. The summed E-state index contributed by atoms with van der Waals surface area (Å²) in [5, 5.41) is 6.43. The molecule has 1 saturated heterocycles. The van der Waals surface area contributed by atoms with E-state index in [1.807, 2.05) is 54.6 Å². The number of fused-ring (bicyclic) bond motifs is 3. The van der Waals surface area contributed by atoms with Crippen molar-refractivity contribution in [1.29, 1.82) is 0 Å². The number of carbonyl (C=O) groups excluding carboxylic acids is 4. The highest BCUT2D eigenvalue weighted by atomic mass is 79.9. The van der Waals surface area contributed by atoms with Crippen molar-refractivity contribution in [1.82, 2.24) is 10.6 Å². The van der Waals surface area contributed by atoms with Crippen molar-refractivity contribution >= 4 is 79.2 Å². The number of Topliss-reactive ketones (excluding diaryl/α,β-unsaturated/α-hetero) is 1. The van der Waals surface area contributed by atoms with Gasteiger partial charge in [-0.3, -0.25) is 19.7 Å². The molecule has 3 aliphatic rings. The SMILES string of the molecule is NC=O.O=C1CC(c2ccc(Cl)cc2)Oc2ccc(Br)cc21.O=C1NC(=O)C2(CC(c3ccc(Cl)cc3)Oc3ccc(Br)cc32)N1. The highest BCUT2D eigenvalue weighted by Gasteiger charge is 2.53. The molecule has 7 rings (SSSR count). The summed E-state index contributed by atoms with van der Waals surface area (Å²) in [5.74, 6) is 0.942. The largest absolute Gasteiger partial charge is 0.485 e. The molecule has 3 atom stereocenters. The Morgan fingerprint density at radius 3 is 1.87 bits per heavy atom. The maximum absolute atomic E-state index is 12.6. The maximum atomic E-state index is 12.6. The third-order valence-electron chi connectivity index (χ3n) is 7.47. The Morgan fingerprint density at radius 1 is 0.783 bits per heavy atom. The van der Waals surface area contributed by atoms with E-state index in [9.17, 15) is 14.4 Å². The molecule has 0 bridgehead atoms. The maximum Gasteiger partial charge on any atom is 0.322 e. The van der Waals surface area contributed by atoms with Crippen LogP contribution in [0.2, 0.25) is 10.0 Å². The Labute approximate surface area is 291 Å². The number of nitrogens with one attached hydrogen (secondary N) is 2. The Balaban J connectivity index is 0.000000171. The minimum Gasteiger partial charge on any atom is -0.485 e. The van der Waals surface area contributed by atoms with E-state index in [1.54, 1.807) is 30.3 Å². The Hall–Kier alpha value is -3.90. The highest BCUT2D eigenvalue weighted by Crippen LogP contribution is 2.47. The van der Waals surface area contributed by atoms with Gasteiger partial charge in [0.2, 0.25) is 6.41 Å². The molecule has 1 fully saturated rings. The Kier molecular flexibility index (Phi) is 10.4. The Bertz CT molecular complexity index is 1810. The zero-order valence-corrected chi connectivity index (χ0v) is 28.5. The lowest BCUT2D eigenvalue weighted by molar-refractivity contribution is -0.126. The summed E-state index contributed by atoms with van der Waals surface area (Å²) >= 11 is 18.6. The molecular formula is C33H25Br2Cl2N3O6. The molecule has 4 amide bonds. The standard InChI is InChI=1S/C17H12BrClN2O3.C15H10BrClO2.CH3NO/c18-10-3-6-13-12(7-10)17(15(22)20-16(23)21-17)8-14(24-13)9-1-4-11(19)5-2-9;16-10-3-6-14-12(7-10)13(18)8-15(19-14)9-1-4-11(17)5-2-9;2-1-3/h1-7,14H,8H2,(H2,20,21,22,23);1-7,15H,8H2;1H,(H2,2,3). The summed E-state index contributed by atoms with van der Waals surface area (Å²) in [6.07, 6.45) is 0.291. The number of primary amides is 1. The van der Waals surface area contributed by atoms with Gasteiger partial charge in [-0.05, 0) is 71.8 Å².